The van der Waals surface area contributed by atoms with E-state index in [2.05, 4.69) is 170 Å². The quantitative estimate of drug-likeness (QED) is 0.181. The van der Waals surface area contributed by atoms with Crippen LogP contribution in [0, 0.1) is 6.92 Å². The molecule has 0 spiro atoms. The van der Waals surface area contributed by atoms with E-state index in [9.17, 15) is 0 Å². The van der Waals surface area contributed by atoms with E-state index in [0.717, 1.165) is 44.4 Å². The van der Waals surface area contributed by atoms with Gasteiger partial charge in [-0.05, 0) is 77.5 Å². The van der Waals surface area contributed by atoms with E-state index in [4.69, 9.17) is 4.42 Å². The Balaban J connectivity index is 1.02. The number of para-hydroxylation sites is 2. The summed E-state index contributed by atoms with van der Waals surface area (Å²) in [6.45, 7) is 2.13. The van der Waals surface area contributed by atoms with Gasteiger partial charge in [-0.15, -0.1) is 11.3 Å². The fraction of sp³-hybridized carbons (Fsp3) is 0.0222. The Labute approximate surface area is 283 Å². The molecule has 0 amide bonds. The van der Waals surface area contributed by atoms with E-state index < -0.39 is 0 Å². The minimum Gasteiger partial charge on any atom is -0.455 e. The first-order chi connectivity index (χ1) is 23.7. The van der Waals surface area contributed by atoms with Gasteiger partial charge >= 0.3 is 0 Å². The Morgan fingerprint density at radius 1 is 0.458 bits per heavy atom. The van der Waals surface area contributed by atoms with Crippen LogP contribution in [0.4, 0.5) is 17.1 Å². The molecule has 0 N–H and O–H groups in total. The molecule has 0 radical (unpaired) electrons. The lowest BCUT2D eigenvalue weighted by molar-refractivity contribution is 0.670. The molecule has 0 aliphatic heterocycles. The Kier molecular flexibility index (Phi) is 6.92. The van der Waals surface area contributed by atoms with Crippen molar-refractivity contribution in [2.75, 3.05) is 4.90 Å². The average molecular weight is 634 g/mol. The Morgan fingerprint density at radius 2 is 1.02 bits per heavy atom. The van der Waals surface area contributed by atoms with Gasteiger partial charge in [0, 0.05) is 42.9 Å². The molecule has 2 heterocycles. The van der Waals surface area contributed by atoms with Gasteiger partial charge < -0.3 is 9.32 Å². The molecule has 0 saturated carbocycles. The summed E-state index contributed by atoms with van der Waals surface area (Å²) in [5, 5.41) is 4.77. The zero-order valence-corrected chi connectivity index (χ0v) is 27.2. The number of rotatable bonds is 6. The third-order valence-electron chi connectivity index (χ3n) is 9.20. The van der Waals surface area contributed by atoms with Crippen molar-refractivity contribution in [1.82, 2.24) is 0 Å². The van der Waals surface area contributed by atoms with Gasteiger partial charge in [0.25, 0.3) is 0 Å². The van der Waals surface area contributed by atoms with Crippen LogP contribution in [0.5, 0.6) is 0 Å². The zero-order chi connectivity index (χ0) is 32.0. The minimum absolute atomic E-state index is 0.923. The third-order valence-corrected chi connectivity index (χ3v) is 10.4. The molecule has 9 rings (SSSR count). The molecule has 7 aromatic carbocycles. The second kappa shape index (κ2) is 11.7. The standard InChI is InChI=1S/C45H31NOS/c1-30-16-24-35(25-17-30)46(41-14-6-9-31-8-2-3-10-37(31)41)36-26-22-34(23-27-36)44-29-28-43(48-44)33-20-18-32(19-21-33)38-12-7-13-40-39-11-4-5-15-42(39)47-45(38)40/h2-29H,1H3. The fourth-order valence-corrected chi connectivity index (χ4v) is 7.75. The van der Waals surface area contributed by atoms with E-state index in [1.165, 1.54) is 42.9 Å². The van der Waals surface area contributed by atoms with Gasteiger partial charge in [-0.1, -0.05) is 127 Å². The van der Waals surface area contributed by atoms with Crippen LogP contribution in [0.1, 0.15) is 5.56 Å². The van der Waals surface area contributed by atoms with E-state index >= 15 is 0 Å². The number of hydrogen-bond donors (Lipinski definition) is 0. The molecule has 0 atom stereocenters. The summed E-state index contributed by atoms with van der Waals surface area (Å²) in [6.07, 6.45) is 0. The highest BCUT2D eigenvalue weighted by molar-refractivity contribution is 7.18. The highest BCUT2D eigenvalue weighted by Crippen LogP contribution is 2.42. The number of thiophene rings is 1. The minimum atomic E-state index is 0.923. The third kappa shape index (κ3) is 4.97. The van der Waals surface area contributed by atoms with Gasteiger partial charge in [-0.2, -0.15) is 0 Å². The summed E-state index contributed by atoms with van der Waals surface area (Å²) in [6, 6.07) is 60.9. The topological polar surface area (TPSA) is 16.4 Å². The van der Waals surface area contributed by atoms with Crippen LogP contribution >= 0.6 is 11.3 Å². The molecular formula is C45H31NOS. The fourth-order valence-electron chi connectivity index (χ4n) is 6.74. The van der Waals surface area contributed by atoms with Gasteiger partial charge in [0.05, 0.1) is 5.69 Å². The first-order valence-corrected chi connectivity index (χ1v) is 17.1. The second-order valence-corrected chi connectivity index (χ2v) is 13.3. The lowest BCUT2D eigenvalue weighted by atomic mass is 10.0. The Hall–Kier alpha value is -5.90. The molecule has 2 nitrogen and oxygen atoms in total. The van der Waals surface area contributed by atoms with Gasteiger partial charge in [0.2, 0.25) is 0 Å². The maximum atomic E-state index is 6.30. The summed E-state index contributed by atoms with van der Waals surface area (Å²) in [5.41, 5.74) is 11.2. The lowest BCUT2D eigenvalue weighted by Crippen LogP contribution is -2.10. The summed E-state index contributed by atoms with van der Waals surface area (Å²) < 4.78 is 6.30. The van der Waals surface area contributed by atoms with Crippen molar-refractivity contribution in [3.05, 3.63) is 175 Å². The SMILES string of the molecule is Cc1ccc(N(c2ccc(-c3ccc(-c4ccc(-c5cccc6c5oc5ccccc56)cc4)s3)cc2)c2cccc3ccccc23)cc1. The monoisotopic (exact) mass is 633 g/mol. The van der Waals surface area contributed by atoms with E-state index in [-0.39, 0.29) is 0 Å². The van der Waals surface area contributed by atoms with Gasteiger partial charge in [0.15, 0.2) is 0 Å². The van der Waals surface area contributed by atoms with Gasteiger partial charge in [-0.25, -0.2) is 0 Å². The summed E-state index contributed by atoms with van der Waals surface area (Å²) in [4.78, 5) is 4.86. The molecule has 9 aromatic rings. The summed E-state index contributed by atoms with van der Waals surface area (Å²) in [7, 11) is 0. The van der Waals surface area contributed by atoms with Crippen LogP contribution in [0.15, 0.2) is 174 Å². The first kappa shape index (κ1) is 28.3. The van der Waals surface area contributed by atoms with E-state index in [1.807, 2.05) is 23.5 Å². The number of anilines is 3. The van der Waals surface area contributed by atoms with Crippen LogP contribution in [-0.4, -0.2) is 0 Å². The van der Waals surface area contributed by atoms with E-state index in [1.54, 1.807) is 0 Å². The number of nitrogens with zero attached hydrogens (tertiary/aromatic N) is 1. The van der Waals surface area contributed by atoms with Gasteiger partial charge in [0.1, 0.15) is 11.2 Å². The van der Waals surface area contributed by atoms with Crippen molar-refractivity contribution in [1.29, 1.82) is 0 Å². The maximum Gasteiger partial charge on any atom is 0.143 e. The number of fused-ring (bicyclic) bond motifs is 4. The molecule has 3 heteroatoms. The van der Waals surface area contributed by atoms with Crippen LogP contribution < -0.4 is 4.90 Å². The molecule has 2 aromatic heterocycles. The predicted molar refractivity (Wildman–Crippen MR) is 205 cm³/mol. The summed E-state index contributed by atoms with van der Waals surface area (Å²) in [5.74, 6) is 0. The van der Waals surface area contributed by atoms with Gasteiger partial charge in [-0.3, -0.25) is 0 Å². The van der Waals surface area contributed by atoms with Crippen LogP contribution in [0.3, 0.4) is 0 Å². The smallest absolute Gasteiger partial charge is 0.143 e. The average Bonchev–Trinajstić information content (AvgIpc) is 3.79. The first-order valence-electron chi connectivity index (χ1n) is 16.3. The molecule has 0 bridgehead atoms. The molecule has 48 heavy (non-hydrogen) atoms. The second-order valence-electron chi connectivity index (χ2n) is 12.2. The number of benzene rings is 7. The molecular weight excluding hydrogens is 603 g/mol. The normalized spacial score (nSPS) is 11.4. The van der Waals surface area contributed by atoms with Crippen molar-refractivity contribution >= 4 is 61.1 Å². The van der Waals surface area contributed by atoms with Crippen molar-refractivity contribution in [3.8, 4) is 32.0 Å². The molecule has 0 fully saturated rings. The predicted octanol–water partition coefficient (Wildman–Crippen LogP) is 13.6. The molecule has 0 unspecified atom stereocenters. The number of furan rings is 1. The Morgan fingerprint density at radius 3 is 1.77 bits per heavy atom. The maximum absolute atomic E-state index is 6.30. The van der Waals surface area contributed by atoms with Crippen molar-refractivity contribution in [3.63, 3.8) is 0 Å². The summed E-state index contributed by atoms with van der Waals surface area (Å²) >= 11 is 1.82. The zero-order valence-electron chi connectivity index (χ0n) is 26.4. The van der Waals surface area contributed by atoms with Crippen molar-refractivity contribution in [2.24, 2.45) is 0 Å². The number of hydrogen-bond acceptors (Lipinski definition) is 3. The van der Waals surface area contributed by atoms with Crippen LogP contribution in [0.2, 0.25) is 0 Å². The largest absolute Gasteiger partial charge is 0.455 e. The lowest BCUT2D eigenvalue weighted by Gasteiger charge is -2.27. The Bertz CT molecular complexity index is 2550. The van der Waals surface area contributed by atoms with Crippen molar-refractivity contribution in [2.45, 2.75) is 6.92 Å². The molecule has 0 saturated heterocycles. The molecule has 228 valence electrons. The van der Waals surface area contributed by atoms with E-state index in [0.29, 0.717) is 0 Å². The molecule has 0 aliphatic rings. The highest BCUT2D eigenvalue weighted by atomic mass is 32.1. The van der Waals surface area contributed by atoms with Crippen LogP contribution in [0.25, 0.3) is 64.7 Å². The van der Waals surface area contributed by atoms with Crippen LogP contribution in [-0.2, 0) is 0 Å². The number of aryl methyl sites for hydroxylation is 1. The molecule has 0 aliphatic carbocycles. The highest BCUT2D eigenvalue weighted by Gasteiger charge is 2.16. The van der Waals surface area contributed by atoms with Crippen molar-refractivity contribution < 1.29 is 4.42 Å².